The van der Waals surface area contributed by atoms with Crippen molar-refractivity contribution in [2.45, 2.75) is 50.5 Å². The number of halogens is 1. The Hall–Kier alpha value is -0.680. The topological polar surface area (TPSA) is 47.0 Å². The van der Waals surface area contributed by atoms with Gasteiger partial charge in [-0.05, 0) is 48.0 Å². The van der Waals surface area contributed by atoms with E-state index in [0.29, 0.717) is 12.0 Å². The molecule has 3 rings (SSSR count). The van der Waals surface area contributed by atoms with Gasteiger partial charge < -0.3 is 10.1 Å². The van der Waals surface area contributed by atoms with Gasteiger partial charge in [0.15, 0.2) is 0 Å². The van der Waals surface area contributed by atoms with Crippen LogP contribution in [0.15, 0.2) is 4.47 Å². The van der Waals surface area contributed by atoms with Crippen LogP contribution in [0.4, 0.5) is 5.82 Å². The molecule has 1 atom stereocenters. The van der Waals surface area contributed by atoms with E-state index in [-0.39, 0.29) is 0 Å². The number of hydrogen-bond acceptors (Lipinski definition) is 4. The molecule has 4 nitrogen and oxygen atoms in total. The van der Waals surface area contributed by atoms with Gasteiger partial charge in [0.1, 0.15) is 11.6 Å². The predicted molar refractivity (Wildman–Crippen MR) is 78.5 cm³/mol. The minimum Gasteiger partial charge on any atom is -0.378 e. The number of nitrogens with one attached hydrogen (secondary N) is 1. The van der Waals surface area contributed by atoms with E-state index in [4.69, 9.17) is 9.72 Å². The smallest absolute Gasteiger partial charge is 0.144 e. The van der Waals surface area contributed by atoms with Crippen LogP contribution >= 0.6 is 15.9 Å². The number of hydrogen-bond donors (Lipinski definition) is 1. The molecule has 1 N–H and O–H groups in total. The Morgan fingerprint density at radius 3 is 2.74 bits per heavy atom. The van der Waals surface area contributed by atoms with E-state index < -0.39 is 0 Å². The van der Waals surface area contributed by atoms with Crippen LogP contribution in [0.3, 0.4) is 0 Å². The highest BCUT2D eigenvalue weighted by Crippen LogP contribution is 2.43. The van der Waals surface area contributed by atoms with Crippen molar-refractivity contribution in [2.24, 2.45) is 0 Å². The molecule has 0 radical (unpaired) electrons. The quantitative estimate of drug-likeness (QED) is 0.922. The zero-order valence-corrected chi connectivity index (χ0v) is 12.9. The maximum Gasteiger partial charge on any atom is 0.144 e. The minimum absolute atomic E-state index is 0.298. The summed E-state index contributed by atoms with van der Waals surface area (Å²) >= 11 is 3.62. The summed E-state index contributed by atoms with van der Waals surface area (Å²) in [5.41, 5.74) is 1.17. The van der Waals surface area contributed by atoms with Crippen LogP contribution in [0.1, 0.15) is 49.5 Å². The van der Waals surface area contributed by atoms with E-state index in [2.05, 4.69) is 26.2 Å². The molecule has 2 fully saturated rings. The van der Waals surface area contributed by atoms with Crippen LogP contribution < -0.4 is 5.32 Å². The normalized spacial score (nSPS) is 23.4. The standard InChI is InChI=1S/C14H20BrN3O/c1-16-14-12(15)13(9-5-6-9)17-11(18-14)8-10-4-2-3-7-19-10/h9-10H,2-8H2,1H3,(H,16,17,18). The molecule has 0 amide bonds. The Morgan fingerprint density at radius 2 is 2.11 bits per heavy atom. The second-order valence-electron chi connectivity index (χ2n) is 5.40. The third-order valence-corrected chi connectivity index (χ3v) is 4.59. The molecule has 1 aromatic heterocycles. The summed E-state index contributed by atoms with van der Waals surface area (Å²) in [7, 11) is 1.91. The predicted octanol–water partition coefficient (Wildman–Crippen LogP) is 3.27. The lowest BCUT2D eigenvalue weighted by molar-refractivity contribution is 0.0156. The van der Waals surface area contributed by atoms with Gasteiger partial charge in [-0.15, -0.1) is 0 Å². The summed E-state index contributed by atoms with van der Waals surface area (Å²) in [6, 6.07) is 0. The number of rotatable bonds is 4. The van der Waals surface area contributed by atoms with Gasteiger partial charge >= 0.3 is 0 Å². The third kappa shape index (κ3) is 3.08. The summed E-state index contributed by atoms with van der Waals surface area (Å²) in [5, 5.41) is 3.16. The van der Waals surface area contributed by atoms with E-state index in [1.165, 1.54) is 31.4 Å². The van der Waals surface area contributed by atoms with Crippen LogP contribution in [0.25, 0.3) is 0 Å². The van der Waals surface area contributed by atoms with Crippen molar-refractivity contribution in [2.75, 3.05) is 19.0 Å². The van der Waals surface area contributed by atoms with E-state index in [1.807, 2.05) is 7.05 Å². The first kappa shape index (κ1) is 13.3. The molecule has 1 saturated carbocycles. The number of nitrogens with zero attached hydrogens (tertiary/aromatic N) is 2. The van der Waals surface area contributed by atoms with Crippen LogP contribution in [-0.2, 0) is 11.2 Å². The average molecular weight is 326 g/mol. The second-order valence-corrected chi connectivity index (χ2v) is 6.20. The molecule has 0 aromatic carbocycles. The van der Waals surface area contributed by atoms with Crippen LogP contribution in [0, 0.1) is 0 Å². The van der Waals surface area contributed by atoms with Crippen LogP contribution in [0.5, 0.6) is 0 Å². The fourth-order valence-electron chi connectivity index (χ4n) is 2.57. The SMILES string of the molecule is CNc1nc(CC2CCCCO2)nc(C2CC2)c1Br. The third-order valence-electron chi connectivity index (χ3n) is 3.81. The molecule has 2 aliphatic rings. The molecule has 0 spiro atoms. The van der Waals surface area contributed by atoms with Crippen LogP contribution in [-0.4, -0.2) is 29.7 Å². The molecule has 0 bridgehead atoms. The minimum atomic E-state index is 0.298. The molecular formula is C14H20BrN3O. The van der Waals surface area contributed by atoms with E-state index in [0.717, 1.165) is 35.6 Å². The Labute approximate surface area is 122 Å². The fourth-order valence-corrected chi connectivity index (χ4v) is 3.27. The Balaban J connectivity index is 1.81. The summed E-state index contributed by atoms with van der Waals surface area (Å²) in [5.74, 6) is 2.44. The molecule has 1 saturated heterocycles. The summed E-state index contributed by atoms with van der Waals surface area (Å²) in [6.07, 6.45) is 7.21. The van der Waals surface area contributed by atoms with Crippen molar-refractivity contribution in [3.05, 3.63) is 16.0 Å². The van der Waals surface area contributed by atoms with Gasteiger partial charge in [-0.2, -0.15) is 0 Å². The van der Waals surface area contributed by atoms with Crippen molar-refractivity contribution < 1.29 is 4.74 Å². The summed E-state index contributed by atoms with van der Waals surface area (Å²) < 4.78 is 6.82. The summed E-state index contributed by atoms with van der Waals surface area (Å²) in [4.78, 5) is 9.37. The van der Waals surface area contributed by atoms with E-state index in [1.54, 1.807) is 0 Å². The molecule has 5 heteroatoms. The van der Waals surface area contributed by atoms with Crippen molar-refractivity contribution in [1.29, 1.82) is 0 Å². The highest BCUT2D eigenvalue weighted by Gasteiger charge is 2.29. The maximum absolute atomic E-state index is 5.79. The van der Waals surface area contributed by atoms with Gasteiger partial charge in [0.2, 0.25) is 0 Å². The Morgan fingerprint density at radius 1 is 1.26 bits per heavy atom. The lowest BCUT2D eigenvalue weighted by atomic mass is 10.1. The van der Waals surface area contributed by atoms with Gasteiger partial charge in [0.05, 0.1) is 16.3 Å². The Bertz CT molecular complexity index is 456. The largest absolute Gasteiger partial charge is 0.378 e. The highest BCUT2D eigenvalue weighted by atomic mass is 79.9. The first-order valence-corrected chi connectivity index (χ1v) is 7.93. The monoisotopic (exact) mass is 325 g/mol. The molecule has 1 aliphatic carbocycles. The first-order valence-electron chi connectivity index (χ1n) is 7.13. The van der Waals surface area contributed by atoms with Gasteiger partial charge in [0, 0.05) is 26.0 Å². The lowest BCUT2D eigenvalue weighted by Gasteiger charge is -2.22. The molecule has 104 valence electrons. The van der Waals surface area contributed by atoms with E-state index in [9.17, 15) is 0 Å². The second kappa shape index (κ2) is 5.75. The maximum atomic E-state index is 5.79. The summed E-state index contributed by atoms with van der Waals surface area (Å²) in [6.45, 7) is 0.884. The molecule has 1 aliphatic heterocycles. The number of anilines is 1. The Kier molecular flexibility index (Phi) is 4.03. The van der Waals surface area contributed by atoms with Crippen molar-refractivity contribution in [1.82, 2.24) is 9.97 Å². The van der Waals surface area contributed by atoms with Gasteiger partial charge in [-0.25, -0.2) is 9.97 Å². The highest BCUT2D eigenvalue weighted by molar-refractivity contribution is 9.10. The molecule has 1 aromatic rings. The van der Waals surface area contributed by atoms with Gasteiger partial charge in [0.25, 0.3) is 0 Å². The van der Waals surface area contributed by atoms with Gasteiger partial charge in [-0.1, -0.05) is 0 Å². The first-order chi connectivity index (χ1) is 9.28. The number of aromatic nitrogens is 2. The van der Waals surface area contributed by atoms with Crippen molar-refractivity contribution in [3.8, 4) is 0 Å². The fraction of sp³-hybridized carbons (Fsp3) is 0.714. The molecule has 19 heavy (non-hydrogen) atoms. The van der Waals surface area contributed by atoms with Gasteiger partial charge in [-0.3, -0.25) is 0 Å². The zero-order valence-electron chi connectivity index (χ0n) is 11.3. The van der Waals surface area contributed by atoms with Crippen LogP contribution in [0.2, 0.25) is 0 Å². The average Bonchev–Trinajstić information content (AvgIpc) is 3.26. The molecule has 1 unspecified atom stereocenters. The number of ether oxygens (including phenoxy) is 1. The lowest BCUT2D eigenvalue weighted by Crippen LogP contribution is -2.23. The van der Waals surface area contributed by atoms with Crippen molar-refractivity contribution in [3.63, 3.8) is 0 Å². The van der Waals surface area contributed by atoms with E-state index >= 15 is 0 Å². The zero-order chi connectivity index (χ0) is 13.2. The molecular weight excluding hydrogens is 306 g/mol. The van der Waals surface area contributed by atoms with Crippen molar-refractivity contribution >= 4 is 21.7 Å². The molecule has 2 heterocycles.